The van der Waals surface area contributed by atoms with Crippen LogP contribution in [0.5, 0.6) is 11.5 Å². The van der Waals surface area contributed by atoms with E-state index in [-0.39, 0.29) is 12.8 Å². The van der Waals surface area contributed by atoms with Crippen LogP contribution in [-0.4, -0.2) is 18.4 Å². The van der Waals surface area contributed by atoms with Gasteiger partial charge in [-0.05, 0) is 34.7 Å². The first-order valence-corrected chi connectivity index (χ1v) is 7.29. The molecule has 0 aromatic heterocycles. The van der Waals surface area contributed by atoms with Crippen LogP contribution in [0.3, 0.4) is 0 Å². The third-order valence-electron chi connectivity index (χ3n) is 4.71. The Kier molecular flexibility index (Phi) is 2.21. The first kappa shape index (κ1) is 11.6. The smallest absolute Gasteiger partial charge is 0.231 e. The summed E-state index contributed by atoms with van der Waals surface area (Å²) in [7, 11) is 0. The minimum atomic E-state index is -0.491. The maximum absolute atomic E-state index is 10.3. The molecule has 0 saturated carbocycles. The molecule has 21 heavy (non-hydrogen) atoms. The van der Waals surface area contributed by atoms with Gasteiger partial charge in [0.25, 0.3) is 0 Å². The topological polar surface area (TPSA) is 50.7 Å². The van der Waals surface area contributed by atoms with Crippen molar-refractivity contribution in [1.82, 2.24) is 5.32 Å². The number of fused-ring (bicyclic) bond motifs is 4. The van der Waals surface area contributed by atoms with Gasteiger partial charge in [0.2, 0.25) is 6.79 Å². The lowest BCUT2D eigenvalue weighted by Gasteiger charge is -2.36. The summed E-state index contributed by atoms with van der Waals surface area (Å²) in [5.41, 5.74) is 5.76. The summed E-state index contributed by atoms with van der Waals surface area (Å²) in [5.74, 6) is 1.57. The number of ether oxygens (including phenoxy) is 2. The lowest BCUT2D eigenvalue weighted by Crippen LogP contribution is -2.36. The molecule has 0 radical (unpaired) electrons. The van der Waals surface area contributed by atoms with Crippen LogP contribution in [0.25, 0.3) is 11.1 Å². The molecule has 0 amide bonds. The maximum atomic E-state index is 10.3. The molecule has 0 fully saturated rings. The molecule has 4 heteroatoms. The van der Waals surface area contributed by atoms with Crippen LogP contribution in [-0.2, 0) is 6.42 Å². The van der Waals surface area contributed by atoms with Crippen molar-refractivity contribution in [3.8, 4) is 22.6 Å². The minimum Gasteiger partial charge on any atom is -0.454 e. The van der Waals surface area contributed by atoms with E-state index in [1.807, 2.05) is 12.1 Å². The quantitative estimate of drug-likeness (QED) is 0.778. The van der Waals surface area contributed by atoms with Crippen LogP contribution in [0.15, 0.2) is 30.3 Å². The predicted molar refractivity (Wildman–Crippen MR) is 77.4 cm³/mol. The molecule has 0 unspecified atom stereocenters. The molecule has 4 nitrogen and oxygen atoms in total. The maximum Gasteiger partial charge on any atom is 0.231 e. The third-order valence-corrected chi connectivity index (χ3v) is 4.71. The fourth-order valence-electron chi connectivity index (χ4n) is 3.80. The van der Waals surface area contributed by atoms with E-state index in [1.165, 1.54) is 16.7 Å². The Balaban J connectivity index is 1.90. The first-order valence-electron chi connectivity index (χ1n) is 7.29. The molecule has 3 aliphatic rings. The van der Waals surface area contributed by atoms with Gasteiger partial charge < -0.3 is 19.9 Å². The summed E-state index contributed by atoms with van der Waals surface area (Å²) in [6.45, 7) is 0.834. The SMILES string of the molecule is O[C@H]1CN[C@@H]2Cc3ccccc3-c3c4c(cc1c32)OCO4. The zero-order valence-electron chi connectivity index (χ0n) is 11.4. The standard InChI is InChI=1S/C17H15NO3/c19-13-7-18-12-5-9-3-1-2-4-10(9)16-15(12)11(13)6-14-17(16)21-8-20-14/h1-4,6,12-13,18-19H,5,7-8H2/t12-,13+/m1/s1. The molecular weight excluding hydrogens is 266 g/mol. The lowest BCUT2D eigenvalue weighted by molar-refractivity contribution is 0.156. The van der Waals surface area contributed by atoms with Crippen molar-refractivity contribution < 1.29 is 14.6 Å². The third kappa shape index (κ3) is 1.46. The monoisotopic (exact) mass is 281 g/mol. The van der Waals surface area contributed by atoms with Gasteiger partial charge in [0.15, 0.2) is 11.5 Å². The molecule has 1 aliphatic carbocycles. The minimum absolute atomic E-state index is 0.239. The highest BCUT2D eigenvalue weighted by Gasteiger charge is 2.37. The van der Waals surface area contributed by atoms with E-state index in [1.54, 1.807) is 0 Å². The lowest BCUT2D eigenvalue weighted by atomic mass is 9.77. The number of hydrogen-bond donors (Lipinski definition) is 2. The van der Waals surface area contributed by atoms with Crippen molar-refractivity contribution in [3.05, 3.63) is 47.0 Å². The molecule has 5 rings (SSSR count). The number of rotatable bonds is 0. The van der Waals surface area contributed by atoms with Gasteiger partial charge >= 0.3 is 0 Å². The molecule has 2 heterocycles. The second-order valence-electron chi connectivity index (χ2n) is 5.83. The summed E-state index contributed by atoms with van der Waals surface area (Å²) in [6.07, 6.45) is 0.456. The predicted octanol–water partition coefficient (Wildman–Crippen LogP) is 2.32. The molecule has 2 N–H and O–H groups in total. The molecule has 2 aromatic rings. The number of β-amino-alcohol motifs (C(OH)–C–C–N with tert-alkyl or cyclic N) is 1. The highest BCUT2D eigenvalue weighted by atomic mass is 16.7. The second-order valence-corrected chi connectivity index (χ2v) is 5.83. The fourth-order valence-corrected chi connectivity index (χ4v) is 3.80. The summed E-state index contributed by atoms with van der Waals surface area (Å²) in [5, 5.41) is 13.8. The van der Waals surface area contributed by atoms with Gasteiger partial charge in [0.1, 0.15) is 0 Å². The van der Waals surface area contributed by atoms with Gasteiger partial charge in [-0.15, -0.1) is 0 Å². The van der Waals surface area contributed by atoms with Crippen LogP contribution in [0.4, 0.5) is 0 Å². The van der Waals surface area contributed by atoms with E-state index in [9.17, 15) is 5.11 Å². The second kappa shape index (κ2) is 4.00. The van der Waals surface area contributed by atoms with Crippen molar-refractivity contribution in [2.45, 2.75) is 18.6 Å². The van der Waals surface area contributed by atoms with Crippen molar-refractivity contribution >= 4 is 0 Å². The van der Waals surface area contributed by atoms with Gasteiger partial charge in [0.05, 0.1) is 6.10 Å². The molecule has 0 spiro atoms. The Bertz CT molecular complexity index is 756. The number of hydrogen-bond acceptors (Lipinski definition) is 4. The highest BCUT2D eigenvalue weighted by Crippen LogP contribution is 2.53. The number of benzene rings is 2. The summed E-state index contributed by atoms with van der Waals surface area (Å²) in [6, 6.07) is 10.6. The Morgan fingerprint density at radius 3 is 3.05 bits per heavy atom. The summed E-state index contributed by atoms with van der Waals surface area (Å²) < 4.78 is 11.3. The average Bonchev–Trinajstić information content (AvgIpc) is 2.98. The summed E-state index contributed by atoms with van der Waals surface area (Å²) in [4.78, 5) is 0. The van der Waals surface area contributed by atoms with E-state index in [0.717, 1.165) is 29.0 Å². The van der Waals surface area contributed by atoms with Crippen LogP contribution >= 0.6 is 0 Å². The van der Waals surface area contributed by atoms with Gasteiger partial charge in [-0.2, -0.15) is 0 Å². The van der Waals surface area contributed by atoms with Gasteiger partial charge in [-0.25, -0.2) is 0 Å². The Labute approximate surface area is 122 Å². The molecular formula is C17H15NO3. The van der Waals surface area contributed by atoms with E-state index in [2.05, 4.69) is 23.5 Å². The van der Waals surface area contributed by atoms with Crippen molar-refractivity contribution in [1.29, 1.82) is 0 Å². The normalized spacial score (nSPS) is 24.4. The van der Waals surface area contributed by atoms with Crippen molar-refractivity contribution in [2.75, 3.05) is 13.3 Å². The van der Waals surface area contributed by atoms with E-state index >= 15 is 0 Å². The molecule has 106 valence electrons. The van der Waals surface area contributed by atoms with Crippen LogP contribution in [0, 0.1) is 0 Å². The van der Waals surface area contributed by atoms with Crippen LogP contribution in [0.2, 0.25) is 0 Å². The van der Waals surface area contributed by atoms with E-state index in [0.29, 0.717) is 6.54 Å². The summed E-state index contributed by atoms with van der Waals surface area (Å²) >= 11 is 0. The van der Waals surface area contributed by atoms with Crippen LogP contribution < -0.4 is 14.8 Å². The zero-order valence-corrected chi connectivity index (χ0v) is 11.4. The Hall–Kier alpha value is -2.04. The van der Waals surface area contributed by atoms with Gasteiger partial charge in [-0.3, -0.25) is 0 Å². The van der Waals surface area contributed by atoms with Gasteiger partial charge in [-0.1, -0.05) is 24.3 Å². The largest absolute Gasteiger partial charge is 0.454 e. The molecule has 2 atom stereocenters. The highest BCUT2D eigenvalue weighted by molar-refractivity contribution is 5.84. The van der Waals surface area contributed by atoms with Crippen molar-refractivity contribution in [3.63, 3.8) is 0 Å². The first-order chi connectivity index (χ1) is 10.3. The molecule has 2 aromatic carbocycles. The number of aliphatic hydroxyl groups excluding tert-OH is 1. The Morgan fingerprint density at radius 2 is 2.10 bits per heavy atom. The number of aliphatic hydroxyl groups is 1. The fraction of sp³-hybridized carbons (Fsp3) is 0.294. The van der Waals surface area contributed by atoms with E-state index < -0.39 is 6.10 Å². The van der Waals surface area contributed by atoms with Crippen molar-refractivity contribution in [2.24, 2.45) is 0 Å². The average molecular weight is 281 g/mol. The molecule has 0 bridgehead atoms. The molecule has 2 aliphatic heterocycles. The Morgan fingerprint density at radius 1 is 1.19 bits per heavy atom. The van der Waals surface area contributed by atoms with E-state index in [4.69, 9.17) is 9.47 Å². The molecule has 0 saturated heterocycles. The van der Waals surface area contributed by atoms with Gasteiger partial charge in [0, 0.05) is 18.2 Å². The van der Waals surface area contributed by atoms with Crippen LogP contribution in [0.1, 0.15) is 28.8 Å². The number of nitrogens with one attached hydrogen (secondary N) is 1. The zero-order chi connectivity index (χ0) is 14.0.